The van der Waals surface area contributed by atoms with E-state index in [1.165, 1.54) is 7.11 Å². The molecule has 0 spiro atoms. The summed E-state index contributed by atoms with van der Waals surface area (Å²) in [6, 6.07) is 0. The zero-order valence-corrected chi connectivity index (χ0v) is 10.6. The standard InChI is InChI=1S/C11H15BrO3/c1-11(7-5-9(13)15-2)6-3-4-8(12)10(11)14/h4H,3,5-7H2,1-2H3/t11-/m0/s1. The quantitative estimate of drug-likeness (QED) is 0.743. The highest BCUT2D eigenvalue weighted by atomic mass is 79.9. The fourth-order valence-electron chi connectivity index (χ4n) is 1.73. The van der Waals surface area contributed by atoms with Gasteiger partial charge in [0.25, 0.3) is 0 Å². The maximum atomic E-state index is 11.9. The fourth-order valence-corrected chi connectivity index (χ4v) is 2.44. The molecule has 1 rings (SSSR count). The van der Waals surface area contributed by atoms with Gasteiger partial charge in [0.2, 0.25) is 0 Å². The number of allylic oxidation sites excluding steroid dienone is 2. The van der Waals surface area contributed by atoms with Crippen LogP contribution in [0.25, 0.3) is 0 Å². The molecule has 84 valence electrons. The van der Waals surface area contributed by atoms with Crippen molar-refractivity contribution in [3.05, 3.63) is 10.6 Å². The molecule has 0 aliphatic heterocycles. The Bertz CT molecular complexity index is 309. The van der Waals surface area contributed by atoms with E-state index in [-0.39, 0.29) is 11.8 Å². The Hall–Kier alpha value is -0.640. The van der Waals surface area contributed by atoms with E-state index in [0.717, 1.165) is 12.8 Å². The van der Waals surface area contributed by atoms with Crippen molar-refractivity contribution in [1.29, 1.82) is 0 Å². The number of carbonyl (C=O) groups excluding carboxylic acids is 2. The SMILES string of the molecule is COC(=O)CC[C@]1(C)CCC=C(Br)C1=O. The summed E-state index contributed by atoms with van der Waals surface area (Å²) in [6.45, 7) is 1.91. The third-order valence-electron chi connectivity index (χ3n) is 2.89. The summed E-state index contributed by atoms with van der Waals surface area (Å²) in [5, 5.41) is 0. The van der Waals surface area contributed by atoms with E-state index in [1.807, 2.05) is 13.0 Å². The van der Waals surface area contributed by atoms with Crippen molar-refractivity contribution in [1.82, 2.24) is 0 Å². The second-order valence-corrected chi connectivity index (χ2v) is 4.91. The lowest BCUT2D eigenvalue weighted by atomic mass is 9.74. The molecule has 0 aromatic rings. The van der Waals surface area contributed by atoms with Gasteiger partial charge in [-0.1, -0.05) is 13.0 Å². The number of ether oxygens (including phenoxy) is 1. The maximum Gasteiger partial charge on any atom is 0.305 e. The van der Waals surface area contributed by atoms with Crippen LogP contribution in [0, 0.1) is 5.41 Å². The zero-order chi connectivity index (χ0) is 11.5. The van der Waals surface area contributed by atoms with E-state index >= 15 is 0 Å². The van der Waals surface area contributed by atoms with Crippen LogP contribution in [0.1, 0.15) is 32.6 Å². The first-order valence-electron chi connectivity index (χ1n) is 4.97. The van der Waals surface area contributed by atoms with E-state index in [9.17, 15) is 9.59 Å². The molecular formula is C11H15BrO3. The minimum atomic E-state index is -0.415. The highest BCUT2D eigenvalue weighted by molar-refractivity contribution is 9.12. The van der Waals surface area contributed by atoms with Gasteiger partial charge in [-0.25, -0.2) is 0 Å². The van der Waals surface area contributed by atoms with Crippen molar-refractivity contribution in [3.8, 4) is 0 Å². The molecule has 1 atom stereocenters. The smallest absolute Gasteiger partial charge is 0.305 e. The average Bonchev–Trinajstić information content (AvgIpc) is 2.23. The Labute approximate surface area is 98.0 Å². The number of hydrogen-bond donors (Lipinski definition) is 0. The fraction of sp³-hybridized carbons (Fsp3) is 0.636. The Balaban J connectivity index is 2.63. The van der Waals surface area contributed by atoms with E-state index in [4.69, 9.17) is 0 Å². The molecule has 3 nitrogen and oxygen atoms in total. The first-order valence-corrected chi connectivity index (χ1v) is 5.76. The maximum absolute atomic E-state index is 11.9. The van der Waals surface area contributed by atoms with Crippen LogP contribution in [0.5, 0.6) is 0 Å². The molecule has 0 amide bonds. The Morgan fingerprint density at radius 3 is 2.93 bits per heavy atom. The van der Waals surface area contributed by atoms with E-state index in [2.05, 4.69) is 20.7 Å². The molecule has 1 aliphatic rings. The number of esters is 1. The topological polar surface area (TPSA) is 43.4 Å². The van der Waals surface area contributed by atoms with Gasteiger partial charge < -0.3 is 4.74 Å². The molecule has 0 radical (unpaired) electrons. The van der Waals surface area contributed by atoms with Gasteiger partial charge in [0.15, 0.2) is 5.78 Å². The van der Waals surface area contributed by atoms with Gasteiger partial charge in [-0.2, -0.15) is 0 Å². The predicted octanol–water partition coefficient (Wildman–Crippen LogP) is 2.59. The van der Waals surface area contributed by atoms with E-state index in [1.54, 1.807) is 0 Å². The summed E-state index contributed by atoms with van der Waals surface area (Å²) < 4.78 is 5.21. The van der Waals surface area contributed by atoms with Gasteiger partial charge >= 0.3 is 5.97 Å². The van der Waals surface area contributed by atoms with Crippen molar-refractivity contribution in [2.45, 2.75) is 32.6 Å². The summed E-state index contributed by atoms with van der Waals surface area (Å²) in [5.74, 6) is -0.160. The van der Waals surface area contributed by atoms with Crippen LogP contribution in [0.3, 0.4) is 0 Å². The minimum absolute atomic E-state index is 0.0950. The van der Waals surface area contributed by atoms with Crippen LogP contribution in [-0.2, 0) is 14.3 Å². The summed E-state index contributed by atoms with van der Waals surface area (Å²) in [5.41, 5.74) is -0.415. The molecule has 0 aromatic heterocycles. The lowest BCUT2D eigenvalue weighted by molar-refractivity contribution is -0.141. The van der Waals surface area contributed by atoms with Crippen molar-refractivity contribution >= 4 is 27.7 Å². The van der Waals surface area contributed by atoms with E-state index in [0.29, 0.717) is 17.3 Å². The first-order chi connectivity index (χ1) is 6.99. The minimum Gasteiger partial charge on any atom is -0.469 e. The van der Waals surface area contributed by atoms with E-state index < -0.39 is 5.41 Å². The van der Waals surface area contributed by atoms with Gasteiger partial charge in [-0.15, -0.1) is 0 Å². The largest absolute Gasteiger partial charge is 0.469 e. The average molecular weight is 275 g/mol. The second-order valence-electron chi connectivity index (χ2n) is 4.06. The molecule has 4 heteroatoms. The zero-order valence-electron chi connectivity index (χ0n) is 9.01. The molecule has 0 bridgehead atoms. The molecule has 0 unspecified atom stereocenters. The number of carbonyl (C=O) groups is 2. The van der Waals surface area contributed by atoms with Crippen LogP contribution >= 0.6 is 15.9 Å². The van der Waals surface area contributed by atoms with Crippen LogP contribution < -0.4 is 0 Å². The molecule has 0 saturated heterocycles. The van der Waals surface area contributed by atoms with Crippen LogP contribution in [-0.4, -0.2) is 18.9 Å². The Morgan fingerprint density at radius 1 is 1.67 bits per heavy atom. The lowest BCUT2D eigenvalue weighted by Gasteiger charge is -2.30. The number of methoxy groups -OCH3 is 1. The first kappa shape index (κ1) is 12.4. The Morgan fingerprint density at radius 2 is 2.33 bits per heavy atom. The van der Waals surface area contributed by atoms with Gasteiger partial charge in [0.1, 0.15) is 0 Å². The van der Waals surface area contributed by atoms with Crippen molar-refractivity contribution in [2.24, 2.45) is 5.41 Å². The highest BCUT2D eigenvalue weighted by Gasteiger charge is 2.36. The summed E-state index contributed by atoms with van der Waals surface area (Å²) in [7, 11) is 1.36. The van der Waals surface area contributed by atoms with Gasteiger partial charge in [-0.3, -0.25) is 9.59 Å². The second kappa shape index (κ2) is 4.92. The van der Waals surface area contributed by atoms with Crippen molar-refractivity contribution < 1.29 is 14.3 Å². The highest BCUT2D eigenvalue weighted by Crippen LogP contribution is 2.38. The van der Waals surface area contributed by atoms with Crippen LogP contribution in [0.15, 0.2) is 10.6 Å². The molecule has 0 heterocycles. The lowest BCUT2D eigenvalue weighted by Crippen LogP contribution is -2.31. The molecule has 1 aliphatic carbocycles. The number of halogens is 1. The summed E-state index contributed by atoms with van der Waals surface area (Å²) in [4.78, 5) is 22.9. The van der Waals surface area contributed by atoms with Gasteiger partial charge in [0.05, 0.1) is 11.6 Å². The van der Waals surface area contributed by atoms with Crippen LogP contribution in [0.2, 0.25) is 0 Å². The van der Waals surface area contributed by atoms with Gasteiger partial charge in [0, 0.05) is 11.8 Å². The predicted molar refractivity (Wildman–Crippen MR) is 60.6 cm³/mol. The van der Waals surface area contributed by atoms with Crippen LogP contribution in [0.4, 0.5) is 0 Å². The normalized spacial score (nSPS) is 26.1. The number of rotatable bonds is 3. The number of ketones is 1. The summed E-state index contributed by atoms with van der Waals surface area (Å²) in [6.07, 6.45) is 4.44. The molecule has 15 heavy (non-hydrogen) atoms. The monoisotopic (exact) mass is 274 g/mol. The molecule has 0 saturated carbocycles. The number of Topliss-reactive ketones (excluding diaryl/α,β-unsaturated/α-hetero) is 1. The molecule has 0 N–H and O–H groups in total. The Kier molecular flexibility index (Phi) is 4.08. The molecule has 0 fully saturated rings. The molecular weight excluding hydrogens is 260 g/mol. The van der Waals surface area contributed by atoms with Crippen molar-refractivity contribution in [3.63, 3.8) is 0 Å². The van der Waals surface area contributed by atoms with Crippen molar-refractivity contribution in [2.75, 3.05) is 7.11 Å². The number of hydrogen-bond acceptors (Lipinski definition) is 3. The third kappa shape index (κ3) is 2.91. The summed E-state index contributed by atoms with van der Waals surface area (Å²) >= 11 is 3.25. The third-order valence-corrected chi connectivity index (χ3v) is 3.58. The van der Waals surface area contributed by atoms with Gasteiger partial charge in [-0.05, 0) is 35.2 Å². The molecule has 0 aromatic carbocycles.